The van der Waals surface area contributed by atoms with Crippen molar-refractivity contribution in [1.29, 1.82) is 0 Å². The van der Waals surface area contributed by atoms with E-state index in [1.165, 1.54) is 4.88 Å². The Labute approximate surface area is 145 Å². The van der Waals surface area contributed by atoms with Crippen molar-refractivity contribution >= 4 is 17.2 Å². The number of benzene rings is 1. The van der Waals surface area contributed by atoms with Crippen molar-refractivity contribution in [3.05, 3.63) is 75.8 Å². The summed E-state index contributed by atoms with van der Waals surface area (Å²) in [5, 5.41) is 5.96. The highest BCUT2D eigenvalue weighted by atomic mass is 32.1. The van der Waals surface area contributed by atoms with Crippen molar-refractivity contribution in [3.8, 4) is 0 Å². The van der Waals surface area contributed by atoms with Gasteiger partial charge in [0.05, 0.1) is 0 Å². The second-order valence-electron chi connectivity index (χ2n) is 5.87. The minimum atomic E-state index is -0.0974. The molecule has 0 bridgehead atoms. The van der Waals surface area contributed by atoms with E-state index in [-0.39, 0.29) is 11.9 Å². The number of amides is 1. The summed E-state index contributed by atoms with van der Waals surface area (Å²) in [6.45, 7) is 4.42. The van der Waals surface area contributed by atoms with E-state index < -0.39 is 0 Å². The predicted octanol–water partition coefficient (Wildman–Crippen LogP) is 4.32. The molecule has 3 rings (SSSR count). The number of nitrogens with zero attached hydrogens (tertiary/aromatic N) is 2. The molecular formula is C19H20N2O2S. The third kappa shape index (κ3) is 3.92. The van der Waals surface area contributed by atoms with Crippen LogP contribution in [0.25, 0.3) is 0 Å². The fraction of sp³-hybridized carbons (Fsp3) is 0.263. The number of rotatable bonds is 6. The fourth-order valence-electron chi connectivity index (χ4n) is 2.65. The second kappa shape index (κ2) is 7.45. The number of carbonyl (C=O) groups excluding carboxylic acids is 1. The van der Waals surface area contributed by atoms with Crippen LogP contribution in [0.4, 0.5) is 0 Å². The first-order valence-electron chi connectivity index (χ1n) is 7.94. The van der Waals surface area contributed by atoms with Gasteiger partial charge in [-0.05, 0) is 30.9 Å². The van der Waals surface area contributed by atoms with E-state index in [9.17, 15) is 4.79 Å². The van der Waals surface area contributed by atoms with Crippen LogP contribution in [-0.2, 0) is 13.0 Å². The Morgan fingerprint density at radius 1 is 1.25 bits per heavy atom. The molecule has 0 spiro atoms. The number of thiophene rings is 1. The maximum atomic E-state index is 12.9. The Kier molecular flexibility index (Phi) is 5.11. The molecule has 124 valence electrons. The lowest BCUT2D eigenvalue weighted by Gasteiger charge is -2.28. The van der Waals surface area contributed by atoms with Crippen molar-refractivity contribution in [2.75, 3.05) is 0 Å². The zero-order valence-corrected chi connectivity index (χ0v) is 14.6. The zero-order valence-electron chi connectivity index (χ0n) is 13.8. The van der Waals surface area contributed by atoms with Crippen molar-refractivity contribution in [2.45, 2.75) is 32.9 Å². The van der Waals surface area contributed by atoms with Gasteiger partial charge in [0.2, 0.25) is 0 Å². The van der Waals surface area contributed by atoms with E-state index in [0.717, 1.165) is 12.0 Å². The minimum Gasteiger partial charge on any atom is -0.361 e. The molecule has 0 aliphatic rings. The molecule has 0 aliphatic heterocycles. The van der Waals surface area contributed by atoms with Crippen LogP contribution in [-0.4, -0.2) is 22.0 Å². The molecule has 0 fully saturated rings. The summed E-state index contributed by atoms with van der Waals surface area (Å²) in [5.74, 6) is 0.545. The van der Waals surface area contributed by atoms with E-state index in [2.05, 4.69) is 23.5 Å². The summed E-state index contributed by atoms with van der Waals surface area (Å²) in [6.07, 6.45) is 0.826. The fourth-order valence-corrected chi connectivity index (χ4v) is 3.48. The van der Waals surface area contributed by atoms with E-state index >= 15 is 0 Å². The molecule has 0 saturated carbocycles. The van der Waals surface area contributed by atoms with E-state index in [4.69, 9.17) is 4.52 Å². The summed E-state index contributed by atoms with van der Waals surface area (Å²) in [5.41, 5.74) is 1.46. The second-order valence-corrected chi connectivity index (χ2v) is 6.91. The first kappa shape index (κ1) is 16.5. The average molecular weight is 340 g/mol. The number of carbonyl (C=O) groups is 1. The van der Waals surface area contributed by atoms with Gasteiger partial charge in [-0.25, -0.2) is 0 Å². The van der Waals surface area contributed by atoms with Crippen LogP contribution in [0, 0.1) is 6.92 Å². The molecular weight excluding hydrogens is 320 g/mol. The largest absolute Gasteiger partial charge is 0.361 e. The van der Waals surface area contributed by atoms with Gasteiger partial charge in [-0.2, -0.15) is 0 Å². The van der Waals surface area contributed by atoms with Crippen LogP contribution >= 0.6 is 11.3 Å². The Bertz CT molecular complexity index is 781. The van der Waals surface area contributed by atoms with Gasteiger partial charge in [-0.15, -0.1) is 11.3 Å². The van der Waals surface area contributed by atoms with Gasteiger partial charge >= 0.3 is 0 Å². The van der Waals surface area contributed by atoms with Gasteiger partial charge in [0, 0.05) is 30.0 Å². The summed E-state index contributed by atoms with van der Waals surface area (Å²) in [6, 6.07) is 15.9. The summed E-state index contributed by atoms with van der Waals surface area (Å²) in [7, 11) is 0. The van der Waals surface area contributed by atoms with Crippen molar-refractivity contribution in [2.24, 2.45) is 0 Å². The third-order valence-corrected chi connectivity index (χ3v) is 4.81. The van der Waals surface area contributed by atoms with Crippen molar-refractivity contribution in [3.63, 3.8) is 0 Å². The minimum absolute atomic E-state index is 0.0633. The van der Waals surface area contributed by atoms with Gasteiger partial charge in [0.15, 0.2) is 5.69 Å². The van der Waals surface area contributed by atoms with Gasteiger partial charge < -0.3 is 9.42 Å². The molecule has 0 radical (unpaired) electrons. The lowest BCUT2D eigenvalue weighted by molar-refractivity contribution is 0.0665. The molecule has 3 aromatic rings. The van der Waals surface area contributed by atoms with Gasteiger partial charge in [-0.3, -0.25) is 4.79 Å². The molecule has 0 saturated heterocycles. The average Bonchev–Trinajstić information content (AvgIpc) is 3.24. The Hall–Kier alpha value is -2.40. The van der Waals surface area contributed by atoms with Crippen LogP contribution in [0.15, 0.2) is 58.4 Å². The quantitative estimate of drug-likeness (QED) is 0.671. The summed E-state index contributed by atoms with van der Waals surface area (Å²) >= 11 is 1.71. The molecule has 1 amide bonds. The Morgan fingerprint density at radius 2 is 2.04 bits per heavy atom. The zero-order chi connectivity index (χ0) is 16.9. The van der Waals surface area contributed by atoms with Gasteiger partial charge in [-0.1, -0.05) is 41.6 Å². The van der Waals surface area contributed by atoms with Crippen LogP contribution in [0.3, 0.4) is 0 Å². The molecule has 1 aromatic carbocycles. The normalized spacial score (nSPS) is 12.1. The standard InChI is InChI=1S/C19H20N2O2S/c1-14(11-17-9-6-10-24-17)21(13-16-7-4-3-5-8-16)19(22)18-12-15(2)23-20-18/h3-10,12,14H,11,13H2,1-2H3. The Balaban J connectivity index is 1.83. The van der Waals surface area contributed by atoms with Crippen LogP contribution in [0.2, 0.25) is 0 Å². The van der Waals surface area contributed by atoms with Gasteiger partial charge in [0.1, 0.15) is 5.76 Å². The lowest BCUT2D eigenvalue weighted by atomic mass is 10.1. The van der Waals surface area contributed by atoms with E-state index in [1.54, 1.807) is 24.3 Å². The van der Waals surface area contributed by atoms with Gasteiger partial charge in [0.25, 0.3) is 5.91 Å². The van der Waals surface area contributed by atoms with Crippen LogP contribution in [0.5, 0.6) is 0 Å². The number of aryl methyl sites for hydroxylation is 1. The summed E-state index contributed by atoms with van der Waals surface area (Å²) < 4.78 is 5.08. The monoisotopic (exact) mass is 340 g/mol. The molecule has 2 heterocycles. The third-order valence-electron chi connectivity index (χ3n) is 3.91. The Morgan fingerprint density at radius 3 is 2.67 bits per heavy atom. The molecule has 0 N–H and O–H groups in total. The van der Waals surface area contributed by atoms with Crippen molar-refractivity contribution < 1.29 is 9.32 Å². The molecule has 4 nitrogen and oxygen atoms in total. The maximum absolute atomic E-state index is 12.9. The maximum Gasteiger partial charge on any atom is 0.276 e. The molecule has 1 unspecified atom stereocenters. The first-order chi connectivity index (χ1) is 11.6. The van der Waals surface area contributed by atoms with E-state index in [0.29, 0.717) is 18.0 Å². The molecule has 2 aromatic heterocycles. The van der Waals surface area contributed by atoms with Crippen LogP contribution in [0.1, 0.15) is 33.6 Å². The highest BCUT2D eigenvalue weighted by Crippen LogP contribution is 2.19. The topological polar surface area (TPSA) is 46.3 Å². The number of hydrogen-bond donors (Lipinski definition) is 0. The summed E-state index contributed by atoms with van der Waals surface area (Å²) in [4.78, 5) is 16.1. The highest BCUT2D eigenvalue weighted by Gasteiger charge is 2.24. The molecule has 24 heavy (non-hydrogen) atoms. The highest BCUT2D eigenvalue weighted by molar-refractivity contribution is 7.09. The molecule has 1 atom stereocenters. The number of aromatic nitrogens is 1. The number of hydrogen-bond acceptors (Lipinski definition) is 4. The molecule has 5 heteroatoms. The molecule has 0 aliphatic carbocycles. The smallest absolute Gasteiger partial charge is 0.276 e. The first-order valence-corrected chi connectivity index (χ1v) is 8.82. The lowest BCUT2D eigenvalue weighted by Crippen LogP contribution is -2.39. The SMILES string of the molecule is Cc1cc(C(=O)N(Cc2ccccc2)C(C)Cc2cccs2)no1. The van der Waals surface area contributed by atoms with E-state index in [1.807, 2.05) is 41.3 Å². The van der Waals surface area contributed by atoms with Crippen molar-refractivity contribution in [1.82, 2.24) is 10.1 Å². The predicted molar refractivity (Wildman–Crippen MR) is 95.0 cm³/mol. The van der Waals surface area contributed by atoms with Crippen LogP contribution < -0.4 is 0 Å².